The number of rotatable bonds is 3. The Hall–Kier alpha value is -4.35. The summed E-state index contributed by atoms with van der Waals surface area (Å²) in [5.41, 5.74) is -3.16. The molecule has 1 aliphatic carbocycles. The molecular weight excluding hydrogens is 483 g/mol. The Balaban J connectivity index is 1.78. The van der Waals surface area contributed by atoms with Gasteiger partial charge < -0.3 is 14.3 Å². The fourth-order valence-corrected chi connectivity index (χ4v) is 4.80. The summed E-state index contributed by atoms with van der Waals surface area (Å²) in [5, 5.41) is 11.8. The average Bonchev–Trinajstić information content (AvgIpc) is 3.10. The third-order valence-electron chi connectivity index (χ3n) is 6.49. The van der Waals surface area contributed by atoms with E-state index in [9.17, 15) is 37.5 Å². The zero-order valence-corrected chi connectivity index (χ0v) is 18.7. The monoisotopic (exact) mass is 500 g/mol. The van der Waals surface area contributed by atoms with Crippen LogP contribution in [0.2, 0.25) is 0 Å². The van der Waals surface area contributed by atoms with Gasteiger partial charge in [-0.1, -0.05) is 12.1 Å². The number of hydrogen-bond acceptors (Lipinski definition) is 6. The molecule has 0 spiro atoms. The molecule has 2 aromatic carbocycles. The number of aromatic nitrogens is 3. The van der Waals surface area contributed by atoms with E-state index in [1.807, 2.05) is 0 Å². The van der Waals surface area contributed by atoms with E-state index in [2.05, 4.69) is 0 Å². The summed E-state index contributed by atoms with van der Waals surface area (Å²) < 4.78 is 48.8. The summed E-state index contributed by atoms with van der Waals surface area (Å²) in [4.78, 5) is 50.3. The maximum Gasteiger partial charge on any atom is 0.419 e. The van der Waals surface area contributed by atoms with Gasteiger partial charge in [-0.25, -0.2) is 9.59 Å². The summed E-state index contributed by atoms with van der Waals surface area (Å²) >= 11 is 0. The van der Waals surface area contributed by atoms with Crippen LogP contribution in [0.3, 0.4) is 0 Å². The lowest BCUT2D eigenvalue weighted by Gasteiger charge is -2.29. The van der Waals surface area contributed by atoms with Crippen LogP contribution < -0.4 is 22.1 Å². The molecule has 0 radical (unpaired) electrons. The zero-order valence-electron chi connectivity index (χ0n) is 18.7. The topological polar surface area (TPSA) is 119 Å². The largest absolute Gasteiger partial charge is 0.545 e. The van der Waals surface area contributed by atoms with Gasteiger partial charge in [0, 0.05) is 19.3 Å². The molecule has 0 aliphatic heterocycles. The number of alkyl halides is 3. The second-order valence-corrected chi connectivity index (χ2v) is 8.52. The molecule has 2 aromatic heterocycles. The van der Waals surface area contributed by atoms with E-state index in [0.717, 1.165) is 16.8 Å². The highest BCUT2D eigenvalue weighted by Gasteiger charge is 2.37. The van der Waals surface area contributed by atoms with Gasteiger partial charge in [-0.2, -0.15) is 13.2 Å². The molecular formula is C24H17F3N3O6-. The molecule has 0 saturated carbocycles. The Bertz CT molecular complexity index is 1720. The predicted octanol–water partition coefficient (Wildman–Crippen LogP) is 1.75. The first-order chi connectivity index (χ1) is 17.0. The van der Waals surface area contributed by atoms with Crippen molar-refractivity contribution in [3.63, 3.8) is 0 Å². The molecule has 186 valence electrons. The maximum atomic E-state index is 13.6. The van der Waals surface area contributed by atoms with E-state index in [-0.39, 0.29) is 41.7 Å². The minimum Gasteiger partial charge on any atom is -0.545 e. The quantitative estimate of drug-likeness (QED) is 0.423. The third-order valence-corrected chi connectivity index (χ3v) is 6.49. The van der Waals surface area contributed by atoms with Crippen molar-refractivity contribution < 1.29 is 27.5 Å². The van der Waals surface area contributed by atoms with Crippen molar-refractivity contribution in [1.29, 1.82) is 0 Å². The van der Waals surface area contributed by atoms with E-state index >= 15 is 0 Å². The van der Waals surface area contributed by atoms with E-state index in [1.165, 1.54) is 41.9 Å². The van der Waals surface area contributed by atoms with Gasteiger partial charge in [-0.3, -0.25) is 18.5 Å². The first kappa shape index (κ1) is 23.4. The molecule has 1 aliphatic rings. The number of carboxylic acids is 1. The number of oxazole rings is 1. The van der Waals surface area contributed by atoms with E-state index in [1.54, 1.807) is 0 Å². The fourth-order valence-electron chi connectivity index (χ4n) is 4.80. The fraction of sp³-hybridized carbons (Fsp3) is 0.250. The van der Waals surface area contributed by atoms with Crippen LogP contribution in [-0.2, 0) is 19.6 Å². The molecule has 36 heavy (non-hydrogen) atoms. The number of aromatic carboxylic acids is 1. The van der Waals surface area contributed by atoms with Gasteiger partial charge in [-0.15, -0.1) is 0 Å². The highest BCUT2D eigenvalue weighted by Crippen LogP contribution is 2.40. The zero-order chi connectivity index (χ0) is 25.9. The van der Waals surface area contributed by atoms with Crippen LogP contribution in [0.15, 0.2) is 61.4 Å². The van der Waals surface area contributed by atoms with Crippen LogP contribution in [-0.4, -0.2) is 19.7 Å². The normalized spacial score (nSPS) is 15.7. The molecule has 1 atom stereocenters. The number of halogens is 3. The molecule has 0 saturated heterocycles. The number of aryl methyl sites for hydroxylation is 1. The van der Waals surface area contributed by atoms with Crippen molar-refractivity contribution in [3.05, 3.63) is 96.2 Å². The predicted molar refractivity (Wildman–Crippen MR) is 118 cm³/mol. The summed E-state index contributed by atoms with van der Waals surface area (Å²) in [5.74, 6) is -2.51. The maximum absolute atomic E-state index is 13.6. The molecule has 2 heterocycles. The van der Waals surface area contributed by atoms with Gasteiger partial charge in [0.1, 0.15) is 0 Å². The lowest BCUT2D eigenvalue weighted by molar-refractivity contribution is -0.255. The standard InChI is InChI=1S/C24H18F3N3O6/c1-28-18-9-8-12(10-19(18)36-23(28)35)29-11-15(21(32)33)20(31)30(22(29)34)17-7-3-4-13-14(17)5-2-6-16(13)24(25,26)27/h2,5-6,8-11,17H,3-4,7H2,1H3,(H,32,33)/p-1. The lowest BCUT2D eigenvalue weighted by atomic mass is 9.84. The highest BCUT2D eigenvalue weighted by molar-refractivity contribution is 5.85. The van der Waals surface area contributed by atoms with Crippen LogP contribution in [0.25, 0.3) is 16.8 Å². The number of carbonyl (C=O) groups excluding carboxylic acids is 1. The molecule has 1 unspecified atom stereocenters. The molecule has 9 nitrogen and oxygen atoms in total. The van der Waals surface area contributed by atoms with Gasteiger partial charge in [0.05, 0.1) is 34.3 Å². The van der Waals surface area contributed by atoms with Crippen LogP contribution in [0.4, 0.5) is 13.2 Å². The van der Waals surface area contributed by atoms with Crippen LogP contribution in [0.1, 0.15) is 45.9 Å². The van der Waals surface area contributed by atoms with Crippen LogP contribution >= 0.6 is 0 Å². The summed E-state index contributed by atoms with van der Waals surface area (Å²) in [6.07, 6.45) is -3.36. The van der Waals surface area contributed by atoms with E-state index in [0.29, 0.717) is 10.1 Å². The molecule has 0 N–H and O–H groups in total. The molecule has 0 bridgehead atoms. The van der Waals surface area contributed by atoms with Gasteiger partial charge in [-0.05, 0) is 48.6 Å². The van der Waals surface area contributed by atoms with Crippen molar-refractivity contribution in [2.75, 3.05) is 0 Å². The first-order valence-electron chi connectivity index (χ1n) is 10.9. The van der Waals surface area contributed by atoms with Crippen LogP contribution in [0, 0.1) is 0 Å². The number of nitrogens with zero attached hydrogens (tertiary/aromatic N) is 3. The van der Waals surface area contributed by atoms with Gasteiger partial charge >= 0.3 is 17.6 Å². The van der Waals surface area contributed by atoms with Crippen molar-refractivity contribution in [2.24, 2.45) is 7.05 Å². The highest BCUT2D eigenvalue weighted by atomic mass is 19.4. The summed E-state index contributed by atoms with van der Waals surface area (Å²) in [6.45, 7) is 0. The summed E-state index contributed by atoms with van der Waals surface area (Å²) in [7, 11) is 1.48. The van der Waals surface area contributed by atoms with Crippen molar-refractivity contribution in [1.82, 2.24) is 13.7 Å². The number of benzene rings is 2. The van der Waals surface area contributed by atoms with Crippen LogP contribution in [0.5, 0.6) is 0 Å². The van der Waals surface area contributed by atoms with Crippen molar-refractivity contribution >= 4 is 17.1 Å². The van der Waals surface area contributed by atoms with Crippen molar-refractivity contribution in [3.8, 4) is 5.69 Å². The Labute approximate surface area is 199 Å². The van der Waals surface area contributed by atoms with E-state index in [4.69, 9.17) is 4.42 Å². The number of carboxylic acid groups (broad SMARTS) is 1. The smallest absolute Gasteiger partial charge is 0.419 e. The van der Waals surface area contributed by atoms with E-state index < -0.39 is 46.3 Å². The average molecular weight is 500 g/mol. The Morgan fingerprint density at radius 2 is 1.89 bits per heavy atom. The second kappa shape index (κ2) is 8.11. The third kappa shape index (κ3) is 3.56. The molecule has 0 fully saturated rings. The molecule has 0 amide bonds. The SMILES string of the molecule is Cn1c(=O)oc2cc(-n3cc(C(=O)[O-])c(=O)n(C4CCCc5c4cccc5C(F)(F)F)c3=O)ccc21. The number of hydrogen-bond donors (Lipinski definition) is 0. The number of fused-ring (bicyclic) bond motifs is 2. The minimum absolute atomic E-state index is 0.0366. The first-order valence-corrected chi connectivity index (χ1v) is 10.9. The van der Waals surface area contributed by atoms with Gasteiger partial charge in [0.15, 0.2) is 5.58 Å². The number of carbonyl (C=O) groups is 1. The Morgan fingerprint density at radius 1 is 1.14 bits per heavy atom. The lowest BCUT2D eigenvalue weighted by Crippen LogP contribution is -2.46. The summed E-state index contributed by atoms with van der Waals surface area (Å²) in [6, 6.07) is 6.62. The second-order valence-electron chi connectivity index (χ2n) is 8.52. The Kier molecular flexibility index (Phi) is 5.27. The molecule has 12 heteroatoms. The Morgan fingerprint density at radius 3 is 2.58 bits per heavy atom. The van der Waals surface area contributed by atoms with Gasteiger partial charge in [0.2, 0.25) is 0 Å². The van der Waals surface area contributed by atoms with Crippen molar-refractivity contribution in [2.45, 2.75) is 31.5 Å². The minimum atomic E-state index is -4.64. The molecule has 4 aromatic rings. The van der Waals surface area contributed by atoms with Gasteiger partial charge in [0.25, 0.3) is 5.56 Å². The molecule has 5 rings (SSSR count).